The summed E-state index contributed by atoms with van der Waals surface area (Å²) >= 11 is 2.88. The summed E-state index contributed by atoms with van der Waals surface area (Å²) in [5.41, 5.74) is 0.937. The average molecular weight is 328 g/mol. The first-order valence-corrected chi connectivity index (χ1v) is 7.12. The van der Waals surface area contributed by atoms with Crippen molar-refractivity contribution in [2.45, 2.75) is 25.7 Å². The van der Waals surface area contributed by atoms with Crippen molar-refractivity contribution in [1.82, 2.24) is 5.32 Å². The van der Waals surface area contributed by atoms with Crippen LogP contribution in [0.2, 0.25) is 0 Å². The summed E-state index contributed by atoms with van der Waals surface area (Å²) < 4.78 is 11.3. The SMILES string of the molecule is CC(C)(CNC(=O)Br)c1ccc2c(c1)OCCCO2. The maximum atomic E-state index is 11.0. The minimum absolute atomic E-state index is 0.172. The maximum Gasteiger partial charge on any atom is 0.287 e. The van der Waals surface area contributed by atoms with Crippen LogP contribution in [0.3, 0.4) is 0 Å². The molecule has 1 aliphatic heterocycles. The fraction of sp³-hybridized carbons (Fsp3) is 0.500. The summed E-state index contributed by atoms with van der Waals surface area (Å²) in [6.45, 7) is 6.07. The molecule has 19 heavy (non-hydrogen) atoms. The van der Waals surface area contributed by atoms with E-state index in [1.807, 2.05) is 18.2 Å². The van der Waals surface area contributed by atoms with Crippen molar-refractivity contribution in [2.24, 2.45) is 0 Å². The van der Waals surface area contributed by atoms with Crippen molar-refractivity contribution in [3.63, 3.8) is 0 Å². The zero-order valence-electron chi connectivity index (χ0n) is 11.2. The van der Waals surface area contributed by atoms with Crippen LogP contribution in [0.25, 0.3) is 0 Å². The number of carbonyl (C=O) groups is 1. The lowest BCUT2D eigenvalue weighted by Crippen LogP contribution is -2.34. The van der Waals surface area contributed by atoms with Crippen LogP contribution < -0.4 is 14.8 Å². The molecule has 4 nitrogen and oxygen atoms in total. The number of rotatable bonds is 3. The van der Waals surface area contributed by atoms with Crippen LogP contribution >= 0.6 is 15.9 Å². The molecule has 0 unspecified atom stereocenters. The molecule has 0 aliphatic carbocycles. The van der Waals surface area contributed by atoms with E-state index in [0.717, 1.165) is 23.5 Å². The number of amides is 1. The standard InChI is InChI=1S/C14H18BrNO3/c1-14(2,9-16-13(15)17)10-4-5-11-12(8-10)19-7-3-6-18-11/h4-5,8H,3,6-7,9H2,1-2H3,(H,16,17). The molecule has 1 heterocycles. The molecule has 0 spiro atoms. The van der Waals surface area contributed by atoms with Gasteiger partial charge in [-0.3, -0.25) is 4.79 Å². The molecule has 1 aliphatic rings. The highest BCUT2D eigenvalue weighted by Gasteiger charge is 2.23. The van der Waals surface area contributed by atoms with E-state index in [1.165, 1.54) is 0 Å². The van der Waals surface area contributed by atoms with Crippen LogP contribution in [0.4, 0.5) is 4.79 Å². The number of hydrogen-bond donors (Lipinski definition) is 1. The van der Waals surface area contributed by atoms with Gasteiger partial charge in [-0.05, 0) is 17.7 Å². The molecule has 0 radical (unpaired) electrons. The van der Waals surface area contributed by atoms with Crippen molar-refractivity contribution in [2.75, 3.05) is 19.8 Å². The van der Waals surface area contributed by atoms with E-state index < -0.39 is 0 Å². The molecule has 0 fully saturated rings. The molecule has 0 bridgehead atoms. The minimum atomic E-state index is -0.199. The lowest BCUT2D eigenvalue weighted by Gasteiger charge is -2.26. The summed E-state index contributed by atoms with van der Waals surface area (Å²) in [6, 6.07) is 5.96. The number of carbonyl (C=O) groups excluding carboxylic acids is 1. The van der Waals surface area contributed by atoms with Crippen molar-refractivity contribution < 1.29 is 14.3 Å². The van der Waals surface area contributed by atoms with Crippen molar-refractivity contribution in [1.29, 1.82) is 0 Å². The average Bonchev–Trinajstić information content (AvgIpc) is 2.60. The first-order valence-electron chi connectivity index (χ1n) is 6.32. The highest BCUT2D eigenvalue weighted by Crippen LogP contribution is 2.34. The van der Waals surface area contributed by atoms with Crippen LogP contribution in [0.1, 0.15) is 25.8 Å². The summed E-state index contributed by atoms with van der Waals surface area (Å²) in [7, 11) is 0. The quantitative estimate of drug-likeness (QED) is 0.684. The molecule has 5 heteroatoms. The second-order valence-corrected chi connectivity index (χ2v) is 5.94. The highest BCUT2D eigenvalue weighted by atomic mass is 79.9. The van der Waals surface area contributed by atoms with E-state index in [1.54, 1.807) is 0 Å². The van der Waals surface area contributed by atoms with Gasteiger partial charge >= 0.3 is 0 Å². The van der Waals surface area contributed by atoms with Crippen molar-refractivity contribution in [3.05, 3.63) is 23.8 Å². The second-order valence-electron chi connectivity index (χ2n) is 5.22. The predicted molar refractivity (Wildman–Crippen MR) is 77.4 cm³/mol. The Morgan fingerprint density at radius 2 is 2.00 bits per heavy atom. The number of halogens is 1. The number of nitrogens with one attached hydrogen (secondary N) is 1. The summed E-state index contributed by atoms with van der Waals surface area (Å²) in [5, 5.41) is 2.78. The van der Waals surface area contributed by atoms with E-state index >= 15 is 0 Å². The molecule has 1 amide bonds. The molecule has 0 saturated heterocycles. The van der Waals surface area contributed by atoms with Gasteiger partial charge in [0.1, 0.15) is 0 Å². The largest absolute Gasteiger partial charge is 0.490 e. The predicted octanol–water partition coefficient (Wildman–Crippen LogP) is 3.23. The number of benzene rings is 1. The Kier molecular flexibility index (Phi) is 4.34. The molecule has 2 rings (SSSR count). The van der Waals surface area contributed by atoms with Gasteiger partial charge in [0, 0.05) is 34.3 Å². The Hall–Kier alpha value is -1.23. The Balaban J connectivity index is 2.20. The molecule has 104 valence electrons. The third kappa shape index (κ3) is 3.62. The van der Waals surface area contributed by atoms with Gasteiger partial charge in [-0.15, -0.1) is 0 Å². The Morgan fingerprint density at radius 3 is 2.68 bits per heavy atom. The first-order chi connectivity index (χ1) is 8.99. The smallest absolute Gasteiger partial charge is 0.287 e. The lowest BCUT2D eigenvalue weighted by molar-refractivity contribution is 0.259. The number of fused-ring (bicyclic) bond motifs is 1. The fourth-order valence-electron chi connectivity index (χ4n) is 1.98. The molecule has 0 saturated carbocycles. The monoisotopic (exact) mass is 327 g/mol. The lowest BCUT2D eigenvalue weighted by atomic mass is 9.84. The molecule has 1 N–H and O–H groups in total. The van der Waals surface area contributed by atoms with E-state index in [-0.39, 0.29) is 10.2 Å². The van der Waals surface area contributed by atoms with Crippen LogP contribution in [0.15, 0.2) is 18.2 Å². The van der Waals surface area contributed by atoms with E-state index in [2.05, 4.69) is 35.1 Å². The van der Waals surface area contributed by atoms with Crippen LogP contribution in [0, 0.1) is 0 Å². The summed E-state index contributed by atoms with van der Waals surface area (Å²) in [4.78, 5) is 10.8. The first kappa shape index (κ1) is 14.2. The van der Waals surface area contributed by atoms with E-state index in [0.29, 0.717) is 19.8 Å². The Morgan fingerprint density at radius 1 is 1.32 bits per heavy atom. The molecule has 1 aromatic rings. The minimum Gasteiger partial charge on any atom is -0.490 e. The van der Waals surface area contributed by atoms with Gasteiger partial charge in [-0.2, -0.15) is 0 Å². The van der Waals surface area contributed by atoms with Crippen LogP contribution in [-0.2, 0) is 5.41 Å². The zero-order chi connectivity index (χ0) is 13.9. The highest BCUT2D eigenvalue weighted by molar-refractivity contribution is 9.18. The van der Waals surface area contributed by atoms with E-state index in [4.69, 9.17) is 9.47 Å². The number of ether oxygens (including phenoxy) is 2. The molecular weight excluding hydrogens is 310 g/mol. The molecular formula is C14H18BrNO3. The van der Waals surface area contributed by atoms with Crippen LogP contribution in [0.5, 0.6) is 11.5 Å². The van der Waals surface area contributed by atoms with Gasteiger partial charge in [0.05, 0.1) is 13.2 Å². The normalized spacial score (nSPS) is 14.7. The third-order valence-electron chi connectivity index (χ3n) is 3.20. The Bertz CT molecular complexity index is 474. The molecule has 1 aromatic carbocycles. The van der Waals surface area contributed by atoms with Gasteiger partial charge in [0.25, 0.3) is 4.82 Å². The topological polar surface area (TPSA) is 47.6 Å². The van der Waals surface area contributed by atoms with E-state index in [9.17, 15) is 4.79 Å². The van der Waals surface area contributed by atoms with Crippen LogP contribution in [-0.4, -0.2) is 24.6 Å². The third-order valence-corrected chi connectivity index (χ3v) is 3.48. The fourth-order valence-corrected chi connectivity index (χ4v) is 2.12. The van der Waals surface area contributed by atoms with Gasteiger partial charge in [0.15, 0.2) is 11.5 Å². The second kappa shape index (κ2) is 5.82. The zero-order valence-corrected chi connectivity index (χ0v) is 12.7. The maximum absolute atomic E-state index is 11.0. The van der Waals surface area contributed by atoms with Gasteiger partial charge in [-0.25, -0.2) is 0 Å². The molecule has 0 aromatic heterocycles. The van der Waals surface area contributed by atoms with Gasteiger partial charge in [0.2, 0.25) is 0 Å². The number of hydrogen-bond acceptors (Lipinski definition) is 3. The summed E-state index contributed by atoms with van der Waals surface area (Å²) in [6.07, 6.45) is 0.896. The molecule has 0 atom stereocenters. The summed E-state index contributed by atoms with van der Waals surface area (Å²) in [5.74, 6) is 1.58. The van der Waals surface area contributed by atoms with Crippen molar-refractivity contribution in [3.8, 4) is 11.5 Å². The van der Waals surface area contributed by atoms with Gasteiger partial charge in [-0.1, -0.05) is 19.9 Å². The Labute approximate surface area is 121 Å². The van der Waals surface area contributed by atoms with Gasteiger partial charge < -0.3 is 14.8 Å². The van der Waals surface area contributed by atoms with Crippen molar-refractivity contribution >= 4 is 20.7 Å².